The van der Waals surface area contributed by atoms with Crippen LogP contribution in [-0.2, 0) is 16.4 Å². The van der Waals surface area contributed by atoms with E-state index in [4.69, 9.17) is 0 Å². The predicted octanol–water partition coefficient (Wildman–Crippen LogP) is 0.338. The monoisotopic (exact) mass is 232 g/mol. The summed E-state index contributed by atoms with van der Waals surface area (Å²) >= 11 is 1.60. The fourth-order valence-electron chi connectivity index (χ4n) is 1.42. The molecule has 1 aromatic heterocycles. The van der Waals surface area contributed by atoms with Crippen molar-refractivity contribution in [2.45, 2.75) is 19.5 Å². The molecule has 2 heterocycles. The summed E-state index contributed by atoms with van der Waals surface area (Å²) in [4.78, 5) is 5.32. The van der Waals surface area contributed by atoms with Gasteiger partial charge in [-0.2, -0.15) is 0 Å². The Bertz CT molecular complexity index is 412. The molecule has 0 amide bonds. The van der Waals surface area contributed by atoms with Gasteiger partial charge in [0.1, 0.15) is 0 Å². The molecule has 1 saturated heterocycles. The van der Waals surface area contributed by atoms with Gasteiger partial charge in [-0.25, -0.2) is 13.4 Å². The highest BCUT2D eigenvalue weighted by molar-refractivity contribution is 7.92. The third-order valence-electron chi connectivity index (χ3n) is 2.31. The van der Waals surface area contributed by atoms with Crippen molar-refractivity contribution < 1.29 is 8.42 Å². The average molecular weight is 232 g/mol. The molecule has 1 fully saturated rings. The summed E-state index contributed by atoms with van der Waals surface area (Å²) in [5, 5.41) is 3.21. The summed E-state index contributed by atoms with van der Waals surface area (Å²) in [7, 11) is -2.71. The molecule has 0 radical (unpaired) electrons. The molecule has 1 aliphatic heterocycles. The molecule has 2 rings (SSSR count). The number of nitrogens with one attached hydrogen (secondary N) is 1. The van der Waals surface area contributed by atoms with Crippen molar-refractivity contribution in [2.24, 2.45) is 0 Å². The lowest BCUT2D eigenvalue weighted by atomic mass is 10.3. The highest BCUT2D eigenvalue weighted by atomic mass is 32.2. The number of hydrogen-bond acceptors (Lipinski definition) is 5. The average Bonchev–Trinajstić information content (AvgIpc) is 2.44. The minimum atomic E-state index is -2.71. The first-order valence-electron chi connectivity index (χ1n) is 4.39. The first-order chi connectivity index (χ1) is 6.57. The van der Waals surface area contributed by atoms with E-state index < -0.39 is 9.84 Å². The molecule has 0 saturated carbocycles. The number of sulfone groups is 1. The lowest BCUT2D eigenvalue weighted by Gasteiger charge is -2.26. The molecular formula is C8H12N2O2S2. The first kappa shape index (κ1) is 10.1. The Balaban J connectivity index is 1.82. The van der Waals surface area contributed by atoms with Crippen molar-refractivity contribution in [2.75, 3.05) is 11.5 Å². The SMILES string of the molecule is Cc1ncsc1CNC1CS(=O)(=O)C1. The first-order valence-corrected chi connectivity index (χ1v) is 7.10. The molecule has 0 aliphatic carbocycles. The van der Waals surface area contributed by atoms with Crippen LogP contribution in [0.1, 0.15) is 10.6 Å². The Hall–Kier alpha value is -0.460. The Labute approximate surface area is 87.3 Å². The Kier molecular flexibility index (Phi) is 2.59. The van der Waals surface area contributed by atoms with Crippen LogP contribution in [0.2, 0.25) is 0 Å². The summed E-state index contributed by atoms with van der Waals surface area (Å²) in [6.45, 7) is 2.70. The smallest absolute Gasteiger partial charge is 0.153 e. The van der Waals surface area contributed by atoms with Crippen LogP contribution in [0.4, 0.5) is 0 Å². The molecule has 1 aromatic rings. The van der Waals surface area contributed by atoms with E-state index in [-0.39, 0.29) is 17.5 Å². The van der Waals surface area contributed by atoms with Gasteiger partial charge >= 0.3 is 0 Å². The molecule has 0 aromatic carbocycles. The van der Waals surface area contributed by atoms with Crippen LogP contribution in [0, 0.1) is 6.92 Å². The van der Waals surface area contributed by atoms with Crippen LogP contribution >= 0.6 is 11.3 Å². The van der Waals surface area contributed by atoms with Crippen LogP contribution in [0.15, 0.2) is 5.51 Å². The van der Waals surface area contributed by atoms with Gasteiger partial charge in [0.25, 0.3) is 0 Å². The summed E-state index contributed by atoms with van der Waals surface area (Å²) in [5.74, 6) is 0.565. The third-order valence-corrected chi connectivity index (χ3v) is 5.06. The largest absolute Gasteiger partial charge is 0.307 e. The molecule has 4 nitrogen and oxygen atoms in total. The van der Waals surface area contributed by atoms with Crippen molar-refractivity contribution in [3.05, 3.63) is 16.1 Å². The topological polar surface area (TPSA) is 59.1 Å². The van der Waals surface area contributed by atoms with Crippen LogP contribution in [0.3, 0.4) is 0 Å². The normalized spacial score (nSPS) is 20.6. The molecule has 0 spiro atoms. The van der Waals surface area contributed by atoms with Crippen LogP contribution in [0.5, 0.6) is 0 Å². The summed E-state index contributed by atoms with van der Waals surface area (Å²) in [6, 6.07) is 0.140. The maximum atomic E-state index is 10.9. The molecule has 0 bridgehead atoms. The molecule has 78 valence electrons. The summed E-state index contributed by atoms with van der Waals surface area (Å²) in [6.07, 6.45) is 0. The molecule has 1 aliphatic rings. The van der Waals surface area contributed by atoms with Gasteiger partial charge < -0.3 is 5.32 Å². The van der Waals surface area contributed by atoms with E-state index in [0.29, 0.717) is 0 Å². The van der Waals surface area contributed by atoms with Gasteiger partial charge in [-0.3, -0.25) is 0 Å². The fraction of sp³-hybridized carbons (Fsp3) is 0.625. The van der Waals surface area contributed by atoms with Crippen molar-refractivity contribution in [3.63, 3.8) is 0 Å². The maximum absolute atomic E-state index is 10.9. The molecule has 14 heavy (non-hydrogen) atoms. The van der Waals surface area contributed by atoms with E-state index in [1.165, 1.54) is 4.88 Å². The van der Waals surface area contributed by atoms with Gasteiger partial charge in [0.2, 0.25) is 0 Å². The van der Waals surface area contributed by atoms with Crippen LogP contribution in [-0.4, -0.2) is 30.9 Å². The molecule has 0 atom stereocenters. The van der Waals surface area contributed by atoms with Crippen molar-refractivity contribution >= 4 is 21.2 Å². The van der Waals surface area contributed by atoms with E-state index in [1.54, 1.807) is 11.3 Å². The fourth-order valence-corrected chi connectivity index (χ4v) is 3.51. The molecule has 1 N–H and O–H groups in total. The van der Waals surface area contributed by atoms with Gasteiger partial charge in [0.15, 0.2) is 9.84 Å². The number of rotatable bonds is 3. The van der Waals surface area contributed by atoms with E-state index in [1.807, 2.05) is 12.4 Å². The van der Waals surface area contributed by atoms with E-state index in [9.17, 15) is 8.42 Å². The highest BCUT2D eigenvalue weighted by Crippen LogP contribution is 2.14. The lowest BCUT2D eigenvalue weighted by Crippen LogP contribution is -2.50. The van der Waals surface area contributed by atoms with Crippen LogP contribution in [0.25, 0.3) is 0 Å². The predicted molar refractivity (Wildman–Crippen MR) is 56.1 cm³/mol. The van der Waals surface area contributed by atoms with E-state index >= 15 is 0 Å². The third kappa shape index (κ3) is 2.13. The second kappa shape index (κ2) is 3.60. The number of nitrogens with zero attached hydrogens (tertiary/aromatic N) is 1. The Morgan fingerprint density at radius 1 is 1.64 bits per heavy atom. The Morgan fingerprint density at radius 2 is 2.36 bits per heavy atom. The second-order valence-electron chi connectivity index (χ2n) is 3.52. The van der Waals surface area contributed by atoms with Crippen LogP contribution < -0.4 is 5.32 Å². The van der Waals surface area contributed by atoms with E-state index in [0.717, 1.165) is 12.2 Å². The summed E-state index contributed by atoms with van der Waals surface area (Å²) < 4.78 is 21.8. The van der Waals surface area contributed by atoms with Gasteiger partial charge in [0.05, 0.1) is 22.7 Å². The lowest BCUT2D eigenvalue weighted by molar-refractivity contribution is 0.512. The minimum absolute atomic E-state index is 0.140. The van der Waals surface area contributed by atoms with Crippen molar-refractivity contribution in [1.82, 2.24) is 10.3 Å². The van der Waals surface area contributed by atoms with Gasteiger partial charge in [0, 0.05) is 17.5 Å². The minimum Gasteiger partial charge on any atom is -0.307 e. The zero-order chi connectivity index (χ0) is 10.2. The van der Waals surface area contributed by atoms with Crippen molar-refractivity contribution in [1.29, 1.82) is 0 Å². The maximum Gasteiger partial charge on any atom is 0.153 e. The molecule has 0 unspecified atom stereocenters. The van der Waals surface area contributed by atoms with Crippen molar-refractivity contribution in [3.8, 4) is 0 Å². The van der Waals surface area contributed by atoms with E-state index in [2.05, 4.69) is 10.3 Å². The zero-order valence-electron chi connectivity index (χ0n) is 7.86. The molecule has 6 heteroatoms. The molecular weight excluding hydrogens is 220 g/mol. The Morgan fingerprint density at radius 3 is 2.86 bits per heavy atom. The highest BCUT2D eigenvalue weighted by Gasteiger charge is 2.32. The quantitative estimate of drug-likeness (QED) is 0.816. The zero-order valence-corrected chi connectivity index (χ0v) is 9.49. The van der Waals surface area contributed by atoms with Gasteiger partial charge in [-0.05, 0) is 6.92 Å². The number of thiazole rings is 1. The van der Waals surface area contributed by atoms with Gasteiger partial charge in [-0.15, -0.1) is 11.3 Å². The number of aryl methyl sites for hydroxylation is 1. The second-order valence-corrected chi connectivity index (χ2v) is 6.61. The number of hydrogen-bond donors (Lipinski definition) is 1. The van der Waals surface area contributed by atoms with Gasteiger partial charge in [-0.1, -0.05) is 0 Å². The number of aromatic nitrogens is 1. The summed E-state index contributed by atoms with van der Waals surface area (Å²) in [5.41, 5.74) is 2.84. The standard InChI is InChI=1S/C8H12N2O2S2/c1-6-8(13-5-10-6)2-9-7-3-14(11,12)4-7/h5,7,9H,2-4H2,1H3.